The van der Waals surface area contributed by atoms with Gasteiger partial charge in [0.15, 0.2) is 0 Å². The number of nitrogens with two attached hydrogens (primary N) is 1. The second kappa shape index (κ2) is 12.8. The molecule has 2 aromatic heterocycles. The summed E-state index contributed by atoms with van der Waals surface area (Å²) in [6, 6.07) is 17.6. The molecule has 3 heterocycles. The van der Waals surface area contributed by atoms with Crippen LogP contribution in [0.1, 0.15) is 62.5 Å². The zero-order chi connectivity index (χ0) is 32.6. The van der Waals surface area contributed by atoms with E-state index in [-0.39, 0.29) is 22.2 Å². The first-order valence-corrected chi connectivity index (χ1v) is 15.8. The van der Waals surface area contributed by atoms with Crippen LogP contribution in [0.3, 0.4) is 0 Å². The number of hydrogen-bond donors (Lipinski definition) is 3. The third kappa shape index (κ3) is 6.58. The second-order valence-electron chi connectivity index (χ2n) is 12.5. The van der Waals surface area contributed by atoms with Gasteiger partial charge in [-0.05, 0) is 81.6 Å². The minimum Gasteiger partial charge on any atom is -0.399 e. The van der Waals surface area contributed by atoms with Crippen LogP contribution in [0.25, 0.3) is 10.9 Å². The van der Waals surface area contributed by atoms with Crippen molar-refractivity contribution in [2.24, 2.45) is 0 Å². The van der Waals surface area contributed by atoms with E-state index in [1.54, 1.807) is 12.1 Å². The van der Waals surface area contributed by atoms with Crippen molar-refractivity contribution in [1.29, 1.82) is 5.26 Å². The molecule has 12 heteroatoms. The van der Waals surface area contributed by atoms with E-state index in [0.717, 1.165) is 37.2 Å². The summed E-state index contributed by atoms with van der Waals surface area (Å²) in [5.74, 6) is -0.540. The van der Waals surface area contributed by atoms with Gasteiger partial charge in [0.25, 0.3) is 0 Å². The van der Waals surface area contributed by atoms with E-state index in [1.807, 2.05) is 41.2 Å². The highest BCUT2D eigenvalue weighted by Crippen LogP contribution is 2.37. The summed E-state index contributed by atoms with van der Waals surface area (Å²) >= 11 is 12.8. The first-order chi connectivity index (χ1) is 22.0. The van der Waals surface area contributed by atoms with Crippen LogP contribution in [0.2, 0.25) is 10.0 Å². The van der Waals surface area contributed by atoms with Gasteiger partial charge < -0.3 is 16.4 Å². The lowest BCUT2D eigenvalue weighted by molar-refractivity contribution is 0.0866. The monoisotopic (exact) mass is 657 g/mol. The summed E-state index contributed by atoms with van der Waals surface area (Å²) in [6.07, 6.45) is 5.43. The van der Waals surface area contributed by atoms with Crippen molar-refractivity contribution in [1.82, 2.24) is 24.9 Å². The van der Waals surface area contributed by atoms with Gasteiger partial charge in [0.1, 0.15) is 17.6 Å². The number of benzene rings is 3. The number of halogens is 3. The van der Waals surface area contributed by atoms with Gasteiger partial charge in [0.05, 0.1) is 45.1 Å². The lowest BCUT2D eigenvalue weighted by Gasteiger charge is -2.40. The molecule has 1 fully saturated rings. The standard InChI is InChI=1S/C34H34Cl2FN9/c1-34(2,3)45-11-9-25(10-12-45)46-19-30(43-44-46)32(20-5-4-6-22(39)13-20)42-24-14-26-31(41-23-7-8-29(37)27(35)15-23)21(17-38)18-40-33(26)28(36)16-24/h4-8,13-16,18-19,25,32,42H,9-12,39H2,1-3H3,(H,40,41)/t32-/m0/s1. The van der Waals surface area contributed by atoms with Gasteiger partial charge in [0.2, 0.25) is 0 Å². The molecule has 0 bridgehead atoms. The van der Waals surface area contributed by atoms with Crippen molar-refractivity contribution in [2.45, 2.75) is 51.2 Å². The Kier molecular flexibility index (Phi) is 8.75. The summed E-state index contributed by atoms with van der Waals surface area (Å²) in [6.45, 7) is 8.73. The number of rotatable bonds is 7. The molecule has 1 aliphatic heterocycles. The molecule has 0 amide bonds. The van der Waals surface area contributed by atoms with Crippen molar-refractivity contribution in [2.75, 3.05) is 29.5 Å². The number of likely N-dealkylation sites (tertiary alicyclic amines) is 1. The summed E-state index contributed by atoms with van der Waals surface area (Å²) in [5.41, 5.74) is 11.0. The molecule has 4 N–H and O–H groups in total. The van der Waals surface area contributed by atoms with E-state index in [4.69, 9.17) is 28.9 Å². The molecule has 236 valence electrons. The van der Waals surface area contributed by atoms with Gasteiger partial charge in [-0.1, -0.05) is 40.5 Å². The van der Waals surface area contributed by atoms with Crippen LogP contribution in [-0.2, 0) is 0 Å². The average Bonchev–Trinajstić information content (AvgIpc) is 3.52. The molecule has 46 heavy (non-hydrogen) atoms. The number of aromatic nitrogens is 4. The normalized spacial score (nSPS) is 15.1. The lowest BCUT2D eigenvalue weighted by Crippen LogP contribution is -2.46. The van der Waals surface area contributed by atoms with Crippen molar-refractivity contribution >= 4 is 56.9 Å². The van der Waals surface area contributed by atoms with Crippen molar-refractivity contribution in [3.63, 3.8) is 0 Å². The highest BCUT2D eigenvalue weighted by atomic mass is 35.5. The summed E-state index contributed by atoms with van der Waals surface area (Å²) in [7, 11) is 0. The Morgan fingerprint density at radius 1 is 1.04 bits per heavy atom. The number of hydrogen-bond acceptors (Lipinski definition) is 8. The van der Waals surface area contributed by atoms with Crippen molar-refractivity contribution < 1.29 is 4.39 Å². The SMILES string of the molecule is CC(C)(C)N1CCC(n2cc([C@@H](Nc3cc(Cl)c4ncc(C#N)c(Nc5ccc(F)c(Cl)c5)c4c3)c3cccc(N)c3)nn2)CC1. The maximum absolute atomic E-state index is 13.9. The molecule has 0 spiro atoms. The third-order valence-corrected chi connectivity index (χ3v) is 8.98. The number of nitrogen functional groups attached to an aromatic ring is 1. The molecule has 3 aromatic carbocycles. The van der Waals surface area contributed by atoms with Gasteiger partial charge in [-0.2, -0.15) is 5.26 Å². The Labute approximate surface area is 277 Å². The van der Waals surface area contributed by atoms with Crippen LogP contribution in [0, 0.1) is 17.1 Å². The maximum Gasteiger partial charge on any atom is 0.141 e. The molecule has 1 atom stereocenters. The topological polar surface area (TPSA) is 121 Å². The molecule has 1 aliphatic rings. The predicted molar refractivity (Wildman–Crippen MR) is 182 cm³/mol. The highest BCUT2D eigenvalue weighted by molar-refractivity contribution is 6.36. The maximum atomic E-state index is 13.9. The van der Waals surface area contributed by atoms with Gasteiger partial charge in [-0.3, -0.25) is 9.88 Å². The molecule has 0 aliphatic carbocycles. The molecule has 1 saturated heterocycles. The van der Waals surface area contributed by atoms with Crippen LogP contribution in [-0.4, -0.2) is 43.5 Å². The van der Waals surface area contributed by atoms with E-state index in [1.165, 1.54) is 18.3 Å². The van der Waals surface area contributed by atoms with E-state index >= 15 is 0 Å². The molecule has 6 rings (SSSR count). The molecule has 0 saturated carbocycles. The average molecular weight is 659 g/mol. The Balaban J connectivity index is 1.36. The number of piperidine rings is 1. The molecule has 9 nitrogen and oxygen atoms in total. The van der Waals surface area contributed by atoms with Gasteiger partial charge in [-0.25, -0.2) is 9.07 Å². The minimum atomic E-state index is -0.540. The molecule has 0 unspecified atom stereocenters. The van der Waals surface area contributed by atoms with Gasteiger partial charge in [0, 0.05) is 47.3 Å². The highest BCUT2D eigenvalue weighted by Gasteiger charge is 2.29. The number of nitrogens with one attached hydrogen (secondary N) is 2. The largest absolute Gasteiger partial charge is 0.399 e. The van der Waals surface area contributed by atoms with Crippen LogP contribution < -0.4 is 16.4 Å². The Morgan fingerprint density at radius 2 is 1.80 bits per heavy atom. The molecular formula is C34H34Cl2FN9. The minimum absolute atomic E-state index is 0.0416. The number of nitrogens with zero attached hydrogens (tertiary/aromatic N) is 6. The zero-order valence-electron chi connectivity index (χ0n) is 25.7. The lowest BCUT2D eigenvalue weighted by atomic mass is 9.98. The molecule has 0 radical (unpaired) electrons. The number of nitriles is 1. The fourth-order valence-electron chi connectivity index (χ4n) is 5.92. The third-order valence-electron chi connectivity index (χ3n) is 8.40. The predicted octanol–water partition coefficient (Wildman–Crippen LogP) is 8.11. The summed E-state index contributed by atoms with van der Waals surface area (Å²) in [4.78, 5) is 6.96. The molecular weight excluding hydrogens is 624 g/mol. The summed E-state index contributed by atoms with van der Waals surface area (Å²) < 4.78 is 15.8. The zero-order valence-corrected chi connectivity index (χ0v) is 27.2. The summed E-state index contributed by atoms with van der Waals surface area (Å²) in [5, 5.41) is 26.8. The van der Waals surface area contributed by atoms with Crippen LogP contribution in [0.5, 0.6) is 0 Å². The van der Waals surface area contributed by atoms with Gasteiger partial charge in [-0.15, -0.1) is 5.10 Å². The van der Waals surface area contributed by atoms with E-state index in [2.05, 4.69) is 57.7 Å². The smallest absolute Gasteiger partial charge is 0.141 e. The van der Waals surface area contributed by atoms with E-state index in [0.29, 0.717) is 38.7 Å². The van der Waals surface area contributed by atoms with E-state index < -0.39 is 11.9 Å². The Morgan fingerprint density at radius 3 is 2.50 bits per heavy atom. The first kappa shape index (κ1) is 31.5. The fraction of sp³-hybridized carbons (Fsp3) is 0.294. The second-order valence-corrected chi connectivity index (χ2v) is 13.3. The van der Waals surface area contributed by atoms with Crippen molar-refractivity contribution in [3.05, 3.63) is 99.7 Å². The van der Waals surface area contributed by atoms with Crippen LogP contribution in [0.15, 0.2) is 67.0 Å². The van der Waals surface area contributed by atoms with Crippen LogP contribution >= 0.6 is 23.2 Å². The first-order valence-electron chi connectivity index (χ1n) is 15.0. The number of pyridine rings is 1. The Hall–Kier alpha value is -4.43. The quantitative estimate of drug-likeness (QED) is 0.150. The number of anilines is 4. The fourth-order valence-corrected chi connectivity index (χ4v) is 6.36. The van der Waals surface area contributed by atoms with Gasteiger partial charge >= 0.3 is 0 Å². The molecule has 5 aromatic rings. The van der Waals surface area contributed by atoms with E-state index in [9.17, 15) is 9.65 Å². The Bertz CT molecular complexity index is 1940. The number of fused-ring (bicyclic) bond motifs is 1. The van der Waals surface area contributed by atoms with Crippen LogP contribution in [0.4, 0.5) is 27.1 Å². The van der Waals surface area contributed by atoms with Crippen molar-refractivity contribution in [3.8, 4) is 6.07 Å².